The van der Waals surface area contributed by atoms with Crippen molar-refractivity contribution in [2.24, 2.45) is 5.92 Å². The lowest BCUT2D eigenvalue weighted by atomic mass is 9.85. The summed E-state index contributed by atoms with van der Waals surface area (Å²) in [7, 11) is 0. The molecule has 1 atom stereocenters. The van der Waals surface area contributed by atoms with E-state index in [1.54, 1.807) is 0 Å². The highest BCUT2D eigenvalue weighted by molar-refractivity contribution is 5.79. The molecule has 2 fully saturated rings. The second-order valence-corrected chi connectivity index (χ2v) is 4.50. The molecule has 0 aromatic heterocycles. The van der Waals surface area contributed by atoms with Gasteiger partial charge in [0.2, 0.25) is 5.91 Å². The smallest absolute Gasteiger partial charge is 0.223 e. The summed E-state index contributed by atoms with van der Waals surface area (Å²) in [5, 5.41) is 6.39. The van der Waals surface area contributed by atoms with E-state index < -0.39 is 0 Å². The number of rotatable bonds is 5. The van der Waals surface area contributed by atoms with Gasteiger partial charge in [0.25, 0.3) is 0 Å². The van der Waals surface area contributed by atoms with Gasteiger partial charge in [0.1, 0.15) is 0 Å². The quantitative estimate of drug-likeness (QED) is 0.645. The van der Waals surface area contributed by atoms with Crippen molar-refractivity contribution in [2.45, 2.75) is 44.6 Å². The van der Waals surface area contributed by atoms with Crippen LogP contribution in [-0.4, -0.2) is 25.0 Å². The van der Waals surface area contributed by atoms with Crippen molar-refractivity contribution in [1.82, 2.24) is 10.6 Å². The van der Waals surface area contributed by atoms with Crippen LogP contribution in [0.15, 0.2) is 0 Å². The van der Waals surface area contributed by atoms with Gasteiger partial charge in [-0.25, -0.2) is 0 Å². The van der Waals surface area contributed by atoms with E-state index >= 15 is 0 Å². The summed E-state index contributed by atoms with van der Waals surface area (Å²) in [4.78, 5) is 11.4. The van der Waals surface area contributed by atoms with Gasteiger partial charge < -0.3 is 10.6 Å². The zero-order valence-electron chi connectivity index (χ0n) is 8.72. The first-order valence-corrected chi connectivity index (χ1v) is 5.87. The summed E-state index contributed by atoms with van der Waals surface area (Å²) < 4.78 is 0. The summed E-state index contributed by atoms with van der Waals surface area (Å²) in [6.07, 6.45) is 7.10. The van der Waals surface area contributed by atoms with E-state index in [2.05, 4.69) is 10.6 Å². The van der Waals surface area contributed by atoms with Gasteiger partial charge in [-0.05, 0) is 38.6 Å². The molecular formula is C11H20N2O. The average molecular weight is 196 g/mol. The predicted molar refractivity (Wildman–Crippen MR) is 56.0 cm³/mol. The third kappa shape index (κ3) is 2.47. The lowest BCUT2D eigenvalue weighted by Crippen LogP contribution is -2.43. The standard InChI is InChI=1S/C11H20N2O/c14-11(9-3-1-4-9)13-7-2-5-10-6-8-12-10/h9-10,12H,1-8H2,(H,13,14). The van der Waals surface area contributed by atoms with Crippen molar-refractivity contribution in [1.29, 1.82) is 0 Å². The molecule has 0 aromatic rings. The van der Waals surface area contributed by atoms with Gasteiger partial charge in [0, 0.05) is 18.5 Å². The van der Waals surface area contributed by atoms with Gasteiger partial charge in [-0.2, -0.15) is 0 Å². The number of hydrogen-bond donors (Lipinski definition) is 2. The van der Waals surface area contributed by atoms with Gasteiger partial charge >= 0.3 is 0 Å². The summed E-state index contributed by atoms with van der Waals surface area (Å²) in [5.74, 6) is 0.634. The number of hydrogen-bond acceptors (Lipinski definition) is 2. The Morgan fingerprint density at radius 1 is 1.36 bits per heavy atom. The molecule has 2 aliphatic rings. The molecule has 0 radical (unpaired) electrons. The molecule has 1 unspecified atom stereocenters. The van der Waals surface area contributed by atoms with Crippen LogP contribution in [0.25, 0.3) is 0 Å². The second kappa shape index (κ2) is 4.78. The SMILES string of the molecule is O=C(NCCCC1CCN1)C1CCC1. The Bertz CT molecular complexity index is 197. The van der Waals surface area contributed by atoms with Gasteiger partial charge in [-0.15, -0.1) is 0 Å². The van der Waals surface area contributed by atoms with Crippen molar-refractivity contribution >= 4 is 5.91 Å². The lowest BCUT2D eigenvalue weighted by molar-refractivity contribution is -0.127. The van der Waals surface area contributed by atoms with Crippen LogP contribution in [0.4, 0.5) is 0 Å². The monoisotopic (exact) mass is 196 g/mol. The number of carbonyl (C=O) groups is 1. The molecule has 0 aromatic carbocycles. The third-order valence-electron chi connectivity index (χ3n) is 3.43. The molecular weight excluding hydrogens is 176 g/mol. The fraction of sp³-hybridized carbons (Fsp3) is 0.909. The largest absolute Gasteiger partial charge is 0.356 e. The van der Waals surface area contributed by atoms with Crippen LogP contribution in [0.5, 0.6) is 0 Å². The summed E-state index contributed by atoms with van der Waals surface area (Å²) >= 11 is 0. The van der Waals surface area contributed by atoms with Crippen LogP contribution in [0.2, 0.25) is 0 Å². The van der Waals surface area contributed by atoms with Crippen LogP contribution in [0, 0.1) is 5.92 Å². The normalized spacial score (nSPS) is 26.4. The number of amides is 1. The zero-order chi connectivity index (χ0) is 9.80. The van der Waals surface area contributed by atoms with Crippen LogP contribution in [0.1, 0.15) is 38.5 Å². The van der Waals surface area contributed by atoms with Crippen molar-refractivity contribution in [2.75, 3.05) is 13.1 Å². The first-order chi connectivity index (χ1) is 6.86. The molecule has 0 bridgehead atoms. The van der Waals surface area contributed by atoms with Crippen molar-refractivity contribution in [3.63, 3.8) is 0 Å². The lowest BCUT2D eigenvalue weighted by Gasteiger charge is -2.28. The van der Waals surface area contributed by atoms with E-state index in [0.717, 1.165) is 31.8 Å². The van der Waals surface area contributed by atoms with Gasteiger partial charge in [-0.1, -0.05) is 6.42 Å². The van der Waals surface area contributed by atoms with Gasteiger partial charge in [-0.3, -0.25) is 4.79 Å². The Kier molecular flexibility index (Phi) is 3.40. The Morgan fingerprint density at radius 3 is 2.64 bits per heavy atom. The molecule has 3 heteroatoms. The Labute approximate surface area is 85.6 Å². The molecule has 80 valence electrons. The maximum atomic E-state index is 11.4. The second-order valence-electron chi connectivity index (χ2n) is 4.50. The molecule has 1 amide bonds. The molecule has 1 heterocycles. The first kappa shape index (κ1) is 9.97. The van der Waals surface area contributed by atoms with Crippen LogP contribution in [0.3, 0.4) is 0 Å². The molecule has 2 rings (SSSR count). The minimum absolute atomic E-state index is 0.290. The summed E-state index contributed by atoms with van der Waals surface area (Å²) in [6, 6.07) is 0.732. The fourth-order valence-corrected chi connectivity index (χ4v) is 1.97. The van der Waals surface area contributed by atoms with Crippen LogP contribution in [-0.2, 0) is 4.79 Å². The molecule has 3 nitrogen and oxygen atoms in total. The molecule has 2 N–H and O–H groups in total. The van der Waals surface area contributed by atoms with Crippen LogP contribution >= 0.6 is 0 Å². The van der Waals surface area contributed by atoms with E-state index in [1.165, 1.54) is 25.8 Å². The maximum absolute atomic E-state index is 11.4. The highest BCUT2D eigenvalue weighted by atomic mass is 16.1. The number of nitrogens with one attached hydrogen (secondary N) is 2. The summed E-state index contributed by atoms with van der Waals surface area (Å²) in [5.41, 5.74) is 0. The van der Waals surface area contributed by atoms with E-state index in [9.17, 15) is 4.79 Å². The average Bonchev–Trinajstić information content (AvgIpc) is 1.97. The fourth-order valence-electron chi connectivity index (χ4n) is 1.97. The van der Waals surface area contributed by atoms with E-state index in [4.69, 9.17) is 0 Å². The molecule has 14 heavy (non-hydrogen) atoms. The third-order valence-corrected chi connectivity index (χ3v) is 3.43. The first-order valence-electron chi connectivity index (χ1n) is 5.87. The predicted octanol–water partition coefficient (Wildman–Crippen LogP) is 1.04. The zero-order valence-corrected chi connectivity index (χ0v) is 8.72. The topological polar surface area (TPSA) is 41.1 Å². The maximum Gasteiger partial charge on any atom is 0.223 e. The molecule has 1 saturated carbocycles. The van der Waals surface area contributed by atoms with Crippen molar-refractivity contribution in [3.05, 3.63) is 0 Å². The Balaban J connectivity index is 1.47. The van der Waals surface area contributed by atoms with Gasteiger partial charge in [0.15, 0.2) is 0 Å². The van der Waals surface area contributed by atoms with E-state index in [1.807, 2.05) is 0 Å². The van der Waals surface area contributed by atoms with Crippen molar-refractivity contribution in [3.8, 4) is 0 Å². The minimum atomic E-state index is 0.290. The molecule has 1 saturated heterocycles. The summed E-state index contributed by atoms with van der Waals surface area (Å²) in [6.45, 7) is 2.05. The van der Waals surface area contributed by atoms with Crippen molar-refractivity contribution < 1.29 is 4.79 Å². The molecule has 0 spiro atoms. The molecule has 1 aliphatic carbocycles. The highest BCUT2D eigenvalue weighted by Gasteiger charge is 2.24. The Morgan fingerprint density at radius 2 is 2.14 bits per heavy atom. The highest BCUT2D eigenvalue weighted by Crippen LogP contribution is 2.26. The van der Waals surface area contributed by atoms with E-state index in [0.29, 0.717) is 5.92 Å². The molecule has 1 aliphatic heterocycles. The van der Waals surface area contributed by atoms with E-state index in [-0.39, 0.29) is 5.91 Å². The Hall–Kier alpha value is -0.570. The van der Waals surface area contributed by atoms with Gasteiger partial charge in [0.05, 0.1) is 0 Å². The minimum Gasteiger partial charge on any atom is -0.356 e. The number of carbonyl (C=O) groups excluding carboxylic acids is 1. The van der Waals surface area contributed by atoms with Crippen LogP contribution < -0.4 is 10.6 Å².